The van der Waals surface area contributed by atoms with Crippen LogP contribution in [-0.4, -0.2) is 45.7 Å². The van der Waals surface area contributed by atoms with Gasteiger partial charge >= 0.3 is 0 Å². The van der Waals surface area contributed by atoms with Crippen molar-refractivity contribution in [3.05, 3.63) is 52.3 Å². The number of anilines is 2. The monoisotopic (exact) mass is 384 g/mol. The fraction of sp³-hybridized carbons (Fsp3) is 0.368. The summed E-state index contributed by atoms with van der Waals surface area (Å²) < 4.78 is 1.66. The zero-order valence-electron chi connectivity index (χ0n) is 15.3. The summed E-state index contributed by atoms with van der Waals surface area (Å²) in [6.07, 6.45) is 4.87. The van der Waals surface area contributed by atoms with Crippen LogP contribution in [0.2, 0.25) is 5.02 Å². The van der Waals surface area contributed by atoms with Gasteiger partial charge in [0, 0.05) is 37.9 Å². The molecule has 0 unspecified atom stereocenters. The molecule has 2 aromatic heterocycles. The second-order valence-corrected chi connectivity index (χ2v) is 7.36. The lowest BCUT2D eigenvalue weighted by Crippen LogP contribution is -2.47. The van der Waals surface area contributed by atoms with Crippen molar-refractivity contribution in [1.82, 2.24) is 19.5 Å². The van der Waals surface area contributed by atoms with E-state index in [0.29, 0.717) is 16.4 Å². The molecule has 0 radical (unpaired) electrons. The fourth-order valence-corrected chi connectivity index (χ4v) is 3.42. The Bertz CT molecular complexity index is 1010. The first-order valence-electron chi connectivity index (χ1n) is 9.01. The Morgan fingerprint density at radius 1 is 1.00 bits per heavy atom. The Morgan fingerprint density at radius 3 is 2.33 bits per heavy atom. The van der Waals surface area contributed by atoms with E-state index in [1.807, 2.05) is 32.0 Å². The van der Waals surface area contributed by atoms with Gasteiger partial charge in [-0.2, -0.15) is 0 Å². The Hall–Kier alpha value is -2.67. The summed E-state index contributed by atoms with van der Waals surface area (Å²) in [7, 11) is 0. The molecule has 1 saturated heterocycles. The number of hydrogen-bond donors (Lipinski definition) is 0. The predicted octanol–water partition coefficient (Wildman–Crippen LogP) is 2.75. The SMILES string of the molecule is CC(C)n1cnc2cc(N3CCN(c4ncc(Cl)cn4)CC3)ccc2c1=O. The Labute approximate surface area is 162 Å². The maximum Gasteiger partial charge on any atom is 0.261 e. The molecular formula is C19H21ClN6O. The highest BCUT2D eigenvalue weighted by Gasteiger charge is 2.20. The minimum atomic E-state index is 0.00579. The molecule has 3 heterocycles. The quantitative estimate of drug-likeness (QED) is 0.691. The maximum atomic E-state index is 12.6. The average Bonchev–Trinajstić information content (AvgIpc) is 2.68. The van der Waals surface area contributed by atoms with Crippen LogP contribution in [0.25, 0.3) is 10.9 Å². The van der Waals surface area contributed by atoms with Crippen molar-refractivity contribution in [2.75, 3.05) is 36.0 Å². The highest BCUT2D eigenvalue weighted by atomic mass is 35.5. The standard InChI is InChI=1S/C19H21ClN6O/c1-13(2)26-12-23-17-9-15(3-4-16(17)18(26)27)24-5-7-25(8-6-24)19-21-10-14(20)11-22-19/h3-4,9-13H,5-8H2,1-2H3. The number of nitrogens with zero attached hydrogens (tertiary/aromatic N) is 6. The third-order valence-corrected chi connectivity index (χ3v) is 5.05. The van der Waals surface area contributed by atoms with E-state index in [-0.39, 0.29) is 11.6 Å². The Balaban J connectivity index is 1.53. The largest absolute Gasteiger partial charge is 0.368 e. The lowest BCUT2D eigenvalue weighted by molar-refractivity contribution is 0.573. The maximum absolute atomic E-state index is 12.6. The zero-order chi connectivity index (χ0) is 19.0. The molecule has 0 aliphatic carbocycles. The van der Waals surface area contributed by atoms with Crippen molar-refractivity contribution in [2.24, 2.45) is 0 Å². The average molecular weight is 385 g/mol. The fourth-order valence-electron chi connectivity index (χ4n) is 3.32. The van der Waals surface area contributed by atoms with Gasteiger partial charge in [0.15, 0.2) is 0 Å². The van der Waals surface area contributed by atoms with Gasteiger partial charge < -0.3 is 9.80 Å². The van der Waals surface area contributed by atoms with E-state index in [1.165, 1.54) is 0 Å². The lowest BCUT2D eigenvalue weighted by atomic mass is 10.2. The summed E-state index contributed by atoms with van der Waals surface area (Å²) in [4.78, 5) is 30.1. The molecule has 0 atom stereocenters. The van der Waals surface area contributed by atoms with E-state index >= 15 is 0 Å². The van der Waals surface area contributed by atoms with Gasteiger partial charge in [-0.1, -0.05) is 11.6 Å². The van der Waals surface area contributed by atoms with Crippen molar-refractivity contribution >= 4 is 34.1 Å². The van der Waals surface area contributed by atoms with Crippen LogP contribution in [0.3, 0.4) is 0 Å². The van der Waals surface area contributed by atoms with Crippen LogP contribution < -0.4 is 15.4 Å². The summed E-state index contributed by atoms with van der Waals surface area (Å²) in [6.45, 7) is 7.30. The molecule has 1 aliphatic heterocycles. The smallest absolute Gasteiger partial charge is 0.261 e. The first-order valence-corrected chi connectivity index (χ1v) is 9.39. The van der Waals surface area contributed by atoms with Gasteiger partial charge in [-0.3, -0.25) is 9.36 Å². The minimum Gasteiger partial charge on any atom is -0.368 e. The molecule has 1 aliphatic rings. The van der Waals surface area contributed by atoms with E-state index in [2.05, 4.69) is 24.8 Å². The summed E-state index contributed by atoms with van der Waals surface area (Å²) in [6, 6.07) is 5.98. The van der Waals surface area contributed by atoms with Crippen LogP contribution in [0.5, 0.6) is 0 Å². The molecule has 0 N–H and O–H groups in total. The summed E-state index contributed by atoms with van der Waals surface area (Å²) in [5, 5.41) is 1.20. The molecule has 1 aromatic carbocycles. The van der Waals surface area contributed by atoms with Crippen LogP contribution >= 0.6 is 11.6 Å². The van der Waals surface area contributed by atoms with Crippen molar-refractivity contribution in [3.63, 3.8) is 0 Å². The molecule has 1 fully saturated rings. The van der Waals surface area contributed by atoms with Crippen LogP contribution in [0, 0.1) is 0 Å². The van der Waals surface area contributed by atoms with E-state index < -0.39 is 0 Å². The highest BCUT2D eigenvalue weighted by Crippen LogP contribution is 2.22. The molecule has 3 aromatic rings. The van der Waals surface area contributed by atoms with Gasteiger partial charge in [-0.15, -0.1) is 0 Å². The van der Waals surface area contributed by atoms with Crippen LogP contribution in [-0.2, 0) is 0 Å². The molecule has 4 rings (SSSR count). The van der Waals surface area contributed by atoms with Gasteiger partial charge in [0.05, 0.1) is 34.6 Å². The molecule has 0 saturated carbocycles. The van der Waals surface area contributed by atoms with Crippen LogP contribution in [0.15, 0.2) is 41.7 Å². The molecule has 0 amide bonds. The molecule has 0 spiro atoms. The minimum absolute atomic E-state index is 0.00579. The summed E-state index contributed by atoms with van der Waals surface area (Å²) in [5.74, 6) is 0.702. The second kappa shape index (κ2) is 7.15. The molecule has 0 bridgehead atoms. The topological polar surface area (TPSA) is 67.2 Å². The van der Waals surface area contributed by atoms with Crippen molar-refractivity contribution in [2.45, 2.75) is 19.9 Å². The van der Waals surface area contributed by atoms with Crippen molar-refractivity contribution < 1.29 is 0 Å². The van der Waals surface area contributed by atoms with E-state index in [0.717, 1.165) is 37.4 Å². The summed E-state index contributed by atoms with van der Waals surface area (Å²) >= 11 is 5.86. The number of benzene rings is 1. The van der Waals surface area contributed by atoms with Crippen LogP contribution in [0.4, 0.5) is 11.6 Å². The van der Waals surface area contributed by atoms with E-state index in [1.54, 1.807) is 23.3 Å². The number of hydrogen-bond acceptors (Lipinski definition) is 6. The normalized spacial score (nSPS) is 15.0. The van der Waals surface area contributed by atoms with Gasteiger partial charge in [-0.05, 0) is 32.0 Å². The van der Waals surface area contributed by atoms with Gasteiger partial charge in [0.2, 0.25) is 5.95 Å². The van der Waals surface area contributed by atoms with Crippen LogP contribution in [0.1, 0.15) is 19.9 Å². The van der Waals surface area contributed by atoms with E-state index in [9.17, 15) is 4.79 Å². The zero-order valence-corrected chi connectivity index (χ0v) is 16.1. The van der Waals surface area contributed by atoms with Gasteiger partial charge in [0.25, 0.3) is 5.56 Å². The number of aromatic nitrogens is 4. The predicted molar refractivity (Wildman–Crippen MR) is 108 cm³/mol. The number of piperazine rings is 1. The Morgan fingerprint density at radius 2 is 1.67 bits per heavy atom. The summed E-state index contributed by atoms with van der Waals surface area (Å²) in [5.41, 5.74) is 1.82. The molecule has 27 heavy (non-hydrogen) atoms. The van der Waals surface area contributed by atoms with Gasteiger partial charge in [0.1, 0.15) is 0 Å². The third-order valence-electron chi connectivity index (χ3n) is 4.86. The number of halogens is 1. The number of rotatable bonds is 3. The first-order chi connectivity index (χ1) is 13.0. The lowest BCUT2D eigenvalue weighted by Gasteiger charge is -2.36. The van der Waals surface area contributed by atoms with Gasteiger partial charge in [-0.25, -0.2) is 15.0 Å². The first kappa shape index (κ1) is 17.7. The number of fused-ring (bicyclic) bond motifs is 1. The van der Waals surface area contributed by atoms with E-state index in [4.69, 9.17) is 11.6 Å². The Kier molecular flexibility index (Phi) is 4.70. The molecular weight excluding hydrogens is 364 g/mol. The molecule has 140 valence electrons. The van der Waals surface area contributed by atoms with Crippen molar-refractivity contribution in [1.29, 1.82) is 0 Å². The molecule has 8 heteroatoms. The highest BCUT2D eigenvalue weighted by molar-refractivity contribution is 6.30. The van der Waals surface area contributed by atoms with Crippen molar-refractivity contribution in [3.8, 4) is 0 Å². The second-order valence-electron chi connectivity index (χ2n) is 6.93. The molecule has 7 nitrogen and oxygen atoms in total. The third kappa shape index (κ3) is 3.47.